The molecule has 3 heteroatoms. The molecule has 0 bridgehead atoms. The van der Waals surface area contributed by atoms with Gasteiger partial charge in [0.15, 0.2) is 0 Å². The lowest BCUT2D eigenvalue weighted by molar-refractivity contribution is 0.0626. The second-order valence-corrected chi connectivity index (χ2v) is 4.45. The number of imide groups is 1. The van der Waals surface area contributed by atoms with Gasteiger partial charge in [-0.2, -0.15) is 0 Å². The summed E-state index contributed by atoms with van der Waals surface area (Å²) in [6, 6.07) is 7.04. The highest BCUT2D eigenvalue weighted by atomic mass is 16.2. The third kappa shape index (κ3) is 1.97. The van der Waals surface area contributed by atoms with Crippen molar-refractivity contribution in [2.24, 2.45) is 5.92 Å². The SMILES string of the molecule is CCC(CC)CN1C(=O)c2ccccc2C1=O. The molecule has 1 aromatic carbocycles. The summed E-state index contributed by atoms with van der Waals surface area (Å²) in [6.45, 7) is 4.72. The van der Waals surface area contributed by atoms with Crippen LogP contribution in [0.5, 0.6) is 0 Å². The number of hydrogen-bond acceptors (Lipinski definition) is 2. The van der Waals surface area contributed by atoms with Crippen LogP contribution >= 0.6 is 0 Å². The molecule has 0 saturated heterocycles. The van der Waals surface area contributed by atoms with Gasteiger partial charge in [-0.1, -0.05) is 38.8 Å². The van der Waals surface area contributed by atoms with Gasteiger partial charge in [0.2, 0.25) is 0 Å². The molecule has 17 heavy (non-hydrogen) atoms. The molecule has 3 nitrogen and oxygen atoms in total. The van der Waals surface area contributed by atoms with Gasteiger partial charge in [0.05, 0.1) is 11.1 Å². The van der Waals surface area contributed by atoms with E-state index < -0.39 is 0 Å². The minimum atomic E-state index is -0.141. The normalized spacial score (nSPS) is 14.6. The first-order valence-electron chi connectivity index (χ1n) is 6.14. The number of nitrogens with zero attached hydrogens (tertiary/aromatic N) is 1. The molecule has 0 aliphatic carbocycles. The number of carbonyl (C=O) groups excluding carboxylic acids is 2. The fraction of sp³-hybridized carbons (Fsp3) is 0.429. The van der Waals surface area contributed by atoms with E-state index in [1.807, 2.05) is 0 Å². The first-order chi connectivity index (χ1) is 8.19. The molecule has 0 spiro atoms. The van der Waals surface area contributed by atoms with Crippen molar-refractivity contribution in [3.05, 3.63) is 35.4 Å². The molecule has 1 aliphatic rings. The fourth-order valence-corrected chi connectivity index (χ4v) is 2.21. The number of carbonyl (C=O) groups is 2. The molecule has 0 saturated carbocycles. The third-order valence-corrected chi connectivity index (χ3v) is 3.47. The summed E-state index contributed by atoms with van der Waals surface area (Å²) in [5.41, 5.74) is 1.09. The molecule has 0 atom stereocenters. The summed E-state index contributed by atoms with van der Waals surface area (Å²) >= 11 is 0. The summed E-state index contributed by atoms with van der Waals surface area (Å²) < 4.78 is 0. The molecule has 0 N–H and O–H groups in total. The lowest BCUT2D eigenvalue weighted by atomic mass is 10.0. The molecule has 0 radical (unpaired) electrons. The molecule has 1 aromatic rings. The minimum Gasteiger partial charge on any atom is -0.274 e. The molecule has 0 aromatic heterocycles. The lowest BCUT2D eigenvalue weighted by Crippen LogP contribution is -2.34. The maximum absolute atomic E-state index is 12.1. The number of hydrogen-bond donors (Lipinski definition) is 0. The largest absolute Gasteiger partial charge is 0.274 e. The van der Waals surface area contributed by atoms with Crippen LogP contribution in [0.3, 0.4) is 0 Å². The van der Waals surface area contributed by atoms with Crippen molar-refractivity contribution in [1.82, 2.24) is 4.90 Å². The summed E-state index contributed by atoms with van der Waals surface area (Å²) in [7, 11) is 0. The Kier molecular flexibility index (Phi) is 3.27. The maximum atomic E-state index is 12.1. The molecule has 2 amide bonds. The predicted molar refractivity (Wildman–Crippen MR) is 65.9 cm³/mol. The van der Waals surface area contributed by atoms with Gasteiger partial charge >= 0.3 is 0 Å². The summed E-state index contributed by atoms with van der Waals surface area (Å²) in [5, 5.41) is 0. The van der Waals surface area contributed by atoms with Crippen molar-refractivity contribution in [3.8, 4) is 0 Å². The predicted octanol–water partition coefficient (Wildman–Crippen LogP) is 2.72. The van der Waals surface area contributed by atoms with Crippen LogP contribution in [-0.2, 0) is 0 Å². The van der Waals surface area contributed by atoms with Gasteiger partial charge in [-0.25, -0.2) is 0 Å². The molecule has 1 heterocycles. The third-order valence-electron chi connectivity index (χ3n) is 3.47. The Balaban J connectivity index is 2.24. The first kappa shape index (κ1) is 11.8. The lowest BCUT2D eigenvalue weighted by Gasteiger charge is -2.19. The van der Waals surface area contributed by atoms with Crippen LogP contribution in [0.4, 0.5) is 0 Å². The first-order valence-corrected chi connectivity index (χ1v) is 6.14. The van der Waals surface area contributed by atoms with E-state index in [4.69, 9.17) is 0 Å². The maximum Gasteiger partial charge on any atom is 0.261 e. The fourth-order valence-electron chi connectivity index (χ4n) is 2.21. The second kappa shape index (κ2) is 4.70. The highest BCUT2D eigenvalue weighted by Crippen LogP contribution is 2.24. The topological polar surface area (TPSA) is 37.4 Å². The van der Waals surface area contributed by atoms with Gasteiger partial charge in [0.1, 0.15) is 0 Å². The van der Waals surface area contributed by atoms with Crippen LogP contribution in [0.15, 0.2) is 24.3 Å². The zero-order valence-corrected chi connectivity index (χ0v) is 10.3. The highest BCUT2D eigenvalue weighted by molar-refractivity contribution is 6.21. The standard InChI is InChI=1S/C14H17NO2/c1-3-10(4-2)9-15-13(16)11-7-5-6-8-12(11)14(15)17/h5-8,10H,3-4,9H2,1-2H3. The molecule has 1 aliphatic heterocycles. The van der Waals surface area contributed by atoms with E-state index in [1.54, 1.807) is 24.3 Å². The van der Waals surface area contributed by atoms with E-state index >= 15 is 0 Å². The van der Waals surface area contributed by atoms with Crippen LogP contribution in [-0.4, -0.2) is 23.3 Å². The van der Waals surface area contributed by atoms with E-state index in [9.17, 15) is 9.59 Å². The number of amides is 2. The van der Waals surface area contributed by atoms with E-state index in [0.29, 0.717) is 23.6 Å². The zero-order chi connectivity index (χ0) is 12.4. The van der Waals surface area contributed by atoms with Crippen molar-refractivity contribution in [2.45, 2.75) is 26.7 Å². The van der Waals surface area contributed by atoms with Gasteiger partial charge in [0, 0.05) is 6.54 Å². The van der Waals surface area contributed by atoms with Crippen LogP contribution in [0.1, 0.15) is 47.4 Å². The molecular weight excluding hydrogens is 214 g/mol. The summed E-state index contributed by atoms with van der Waals surface area (Å²) in [6.07, 6.45) is 1.98. The van der Waals surface area contributed by atoms with Gasteiger partial charge in [0.25, 0.3) is 11.8 Å². The molecule has 2 rings (SSSR count). The monoisotopic (exact) mass is 231 g/mol. The minimum absolute atomic E-state index is 0.141. The smallest absolute Gasteiger partial charge is 0.261 e. The Morgan fingerprint density at radius 2 is 1.47 bits per heavy atom. The zero-order valence-electron chi connectivity index (χ0n) is 10.3. The van der Waals surface area contributed by atoms with Crippen LogP contribution in [0.25, 0.3) is 0 Å². The van der Waals surface area contributed by atoms with Gasteiger partial charge in [-0.3, -0.25) is 14.5 Å². The van der Waals surface area contributed by atoms with Crippen LogP contribution in [0.2, 0.25) is 0 Å². The average Bonchev–Trinajstić information content (AvgIpc) is 2.61. The molecular formula is C14H17NO2. The van der Waals surface area contributed by atoms with Crippen molar-refractivity contribution < 1.29 is 9.59 Å². The van der Waals surface area contributed by atoms with Gasteiger partial charge in [-0.15, -0.1) is 0 Å². The number of fused-ring (bicyclic) bond motifs is 1. The van der Waals surface area contributed by atoms with Crippen LogP contribution in [0, 0.1) is 5.92 Å². The van der Waals surface area contributed by atoms with Crippen molar-refractivity contribution >= 4 is 11.8 Å². The van der Waals surface area contributed by atoms with E-state index in [-0.39, 0.29) is 11.8 Å². The Labute approximate surface area is 101 Å². The average molecular weight is 231 g/mol. The Morgan fingerprint density at radius 1 is 1.00 bits per heavy atom. The number of rotatable bonds is 4. The quantitative estimate of drug-likeness (QED) is 0.747. The number of benzene rings is 1. The van der Waals surface area contributed by atoms with E-state index in [0.717, 1.165) is 12.8 Å². The van der Waals surface area contributed by atoms with E-state index in [2.05, 4.69) is 13.8 Å². The second-order valence-electron chi connectivity index (χ2n) is 4.45. The molecule has 0 unspecified atom stereocenters. The van der Waals surface area contributed by atoms with Crippen LogP contribution < -0.4 is 0 Å². The molecule has 90 valence electrons. The van der Waals surface area contributed by atoms with Crippen molar-refractivity contribution in [1.29, 1.82) is 0 Å². The summed E-state index contributed by atoms with van der Waals surface area (Å²) in [5.74, 6) is 0.118. The van der Waals surface area contributed by atoms with Crippen molar-refractivity contribution in [3.63, 3.8) is 0 Å². The Bertz CT molecular complexity index is 414. The van der Waals surface area contributed by atoms with Crippen molar-refractivity contribution in [2.75, 3.05) is 6.54 Å². The Morgan fingerprint density at radius 3 is 1.88 bits per heavy atom. The van der Waals surface area contributed by atoms with Gasteiger partial charge < -0.3 is 0 Å². The Hall–Kier alpha value is -1.64. The highest BCUT2D eigenvalue weighted by Gasteiger charge is 2.35. The van der Waals surface area contributed by atoms with Gasteiger partial charge in [-0.05, 0) is 18.1 Å². The summed E-state index contributed by atoms with van der Waals surface area (Å²) in [4.78, 5) is 25.6. The molecule has 0 fully saturated rings. The van der Waals surface area contributed by atoms with E-state index in [1.165, 1.54) is 4.90 Å².